The Morgan fingerprint density at radius 3 is 1.24 bits per heavy atom. The van der Waals surface area contributed by atoms with E-state index in [9.17, 15) is 0 Å². The molecule has 1 aliphatic carbocycles. The Morgan fingerprint density at radius 2 is 0.970 bits per heavy atom. The monoisotopic (exact) mass is 530 g/mol. The van der Waals surface area contributed by atoms with Gasteiger partial charge in [0, 0.05) is 5.41 Å². The average Bonchev–Trinajstić information content (AvgIpc) is 3.01. The zero-order chi connectivity index (χ0) is 20.6. The molecule has 0 spiro atoms. The van der Waals surface area contributed by atoms with Crippen molar-refractivity contribution in [3.05, 3.63) is 129 Å². The number of rotatable bonds is 4. The largest absolute Gasteiger partial charge is 4.00 e. The summed E-state index contributed by atoms with van der Waals surface area (Å²) in [6, 6.07) is 27.0. The Bertz CT molecular complexity index is 1030. The first-order chi connectivity index (χ1) is 13.9. The maximum Gasteiger partial charge on any atom is 4.00 e. The Balaban J connectivity index is 0.00000256. The predicted molar refractivity (Wildman–Crippen MR) is 123 cm³/mol. The van der Waals surface area contributed by atoms with E-state index >= 15 is 0 Å². The van der Waals surface area contributed by atoms with Gasteiger partial charge in [-0.1, -0.05) is 103 Å². The summed E-state index contributed by atoms with van der Waals surface area (Å²) >= 11 is 0. The van der Waals surface area contributed by atoms with Crippen molar-refractivity contribution in [2.45, 2.75) is 46.5 Å². The van der Waals surface area contributed by atoms with E-state index in [1.54, 1.807) is 0 Å². The van der Waals surface area contributed by atoms with Crippen LogP contribution in [0.1, 0.15) is 53.6 Å². The Kier molecular flexibility index (Phi) is 12.5. The van der Waals surface area contributed by atoms with Crippen molar-refractivity contribution in [2.24, 2.45) is 0 Å². The third-order valence-electron chi connectivity index (χ3n) is 6.23. The standard InChI is InChI=1S/C29H29.3ClH.Ti/c1-20-9-6-12-25(15-20)29(26-13-7-10-21(2)16-26,27-14-8-11-22(3)17-27)28-18-23(4)24(5)19-28;;;;/h6-17H,18H2,1-5H3;3*1H;/q-1;;;;+4/p-3. The molecule has 0 saturated carbocycles. The van der Waals surface area contributed by atoms with Gasteiger partial charge < -0.3 is 37.2 Å². The molecule has 0 atom stereocenters. The first-order valence-corrected chi connectivity index (χ1v) is 10.4. The van der Waals surface area contributed by atoms with Gasteiger partial charge in [0.25, 0.3) is 0 Å². The van der Waals surface area contributed by atoms with Crippen LogP contribution < -0.4 is 37.2 Å². The molecule has 0 amide bonds. The molecule has 0 aromatic heterocycles. The van der Waals surface area contributed by atoms with Crippen LogP contribution in [0.3, 0.4) is 0 Å². The zero-order valence-corrected chi connectivity index (χ0v) is 23.6. The van der Waals surface area contributed by atoms with Crippen LogP contribution >= 0.6 is 0 Å². The quantitative estimate of drug-likeness (QED) is 0.217. The van der Waals surface area contributed by atoms with Gasteiger partial charge in [0.15, 0.2) is 0 Å². The van der Waals surface area contributed by atoms with E-state index in [0.717, 1.165) is 6.42 Å². The summed E-state index contributed by atoms with van der Waals surface area (Å²) in [5.74, 6) is 0. The van der Waals surface area contributed by atoms with Crippen LogP contribution in [0.5, 0.6) is 0 Å². The summed E-state index contributed by atoms with van der Waals surface area (Å²) in [7, 11) is 0. The molecule has 0 nitrogen and oxygen atoms in total. The van der Waals surface area contributed by atoms with Crippen LogP contribution in [0.15, 0.2) is 89.5 Å². The third-order valence-corrected chi connectivity index (χ3v) is 6.23. The minimum atomic E-state index is -0.344. The predicted octanol–water partition coefficient (Wildman–Crippen LogP) is -1.57. The van der Waals surface area contributed by atoms with Gasteiger partial charge in [-0.15, -0.1) is 6.92 Å². The van der Waals surface area contributed by atoms with E-state index in [2.05, 4.69) is 113 Å². The van der Waals surface area contributed by atoms with Crippen LogP contribution in [-0.4, -0.2) is 0 Å². The normalized spacial score (nSPS) is 12.6. The number of allylic oxidation sites excluding steroid dienone is 4. The van der Waals surface area contributed by atoms with E-state index in [0.29, 0.717) is 0 Å². The third kappa shape index (κ3) is 6.05. The van der Waals surface area contributed by atoms with Crippen molar-refractivity contribution in [2.75, 3.05) is 0 Å². The molecule has 0 unspecified atom stereocenters. The number of benzene rings is 3. The van der Waals surface area contributed by atoms with Crippen LogP contribution in [0.4, 0.5) is 0 Å². The van der Waals surface area contributed by atoms with Gasteiger partial charge in [0.2, 0.25) is 0 Å². The molecule has 0 saturated heterocycles. The molecule has 0 N–H and O–H groups in total. The van der Waals surface area contributed by atoms with Crippen LogP contribution in [0.2, 0.25) is 0 Å². The summed E-state index contributed by atoms with van der Waals surface area (Å²) in [5.41, 5.74) is 11.5. The molecule has 0 aliphatic heterocycles. The van der Waals surface area contributed by atoms with Crippen LogP contribution in [-0.2, 0) is 27.1 Å². The fourth-order valence-corrected chi connectivity index (χ4v) is 4.66. The molecule has 1 aliphatic rings. The maximum atomic E-state index is 3.79. The number of hydrogen-bond donors (Lipinski definition) is 0. The molecule has 170 valence electrons. The molecule has 4 heteroatoms. The van der Waals surface area contributed by atoms with Gasteiger partial charge in [0.05, 0.1) is 0 Å². The van der Waals surface area contributed by atoms with E-state index in [1.165, 1.54) is 50.1 Å². The molecule has 0 heterocycles. The van der Waals surface area contributed by atoms with Crippen LogP contribution in [0, 0.1) is 26.8 Å². The second-order valence-corrected chi connectivity index (χ2v) is 8.54. The van der Waals surface area contributed by atoms with Gasteiger partial charge in [0.1, 0.15) is 0 Å². The summed E-state index contributed by atoms with van der Waals surface area (Å²) < 4.78 is 0. The Morgan fingerprint density at radius 1 is 0.606 bits per heavy atom. The van der Waals surface area contributed by atoms with Crippen molar-refractivity contribution in [1.29, 1.82) is 0 Å². The van der Waals surface area contributed by atoms with Gasteiger partial charge in [-0.25, -0.2) is 17.2 Å². The molecule has 33 heavy (non-hydrogen) atoms. The number of aryl methyl sites for hydroxylation is 3. The fraction of sp³-hybridized carbons (Fsp3) is 0.241. The van der Waals surface area contributed by atoms with Gasteiger partial charge in [-0.2, -0.15) is 5.57 Å². The van der Waals surface area contributed by atoms with Gasteiger partial charge >= 0.3 is 21.7 Å². The summed E-state index contributed by atoms with van der Waals surface area (Å²) in [5, 5.41) is 0. The second kappa shape index (κ2) is 13.0. The first-order valence-electron chi connectivity index (χ1n) is 10.4. The molecule has 0 radical (unpaired) electrons. The average molecular weight is 532 g/mol. The summed E-state index contributed by atoms with van der Waals surface area (Å²) in [4.78, 5) is 0. The van der Waals surface area contributed by atoms with E-state index < -0.39 is 0 Å². The van der Waals surface area contributed by atoms with Gasteiger partial charge in [-0.05, 0) is 37.5 Å². The molecule has 0 bridgehead atoms. The van der Waals surface area contributed by atoms with Crippen molar-refractivity contribution in [3.63, 3.8) is 0 Å². The van der Waals surface area contributed by atoms with Gasteiger partial charge in [-0.3, -0.25) is 0 Å². The molecule has 3 aromatic carbocycles. The summed E-state index contributed by atoms with van der Waals surface area (Å²) in [6.07, 6.45) is 4.75. The zero-order valence-electron chi connectivity index (χ0n) is 19.8. The molecule has 0 fully saturated rings. The molecule has 4 rings (SSSR count). The topological polar surface area (TPSA) is 0 Å². The molecular weight excluding hydrogens is 503 g/mol. The van der Waals surface area contributed by atoms with Crippen molar-refractivity contribution < 1.29 is 58.9 Å². The number of hydrogen-bond acceptors (Lipinski definition) is 0. The fourth-order valence-electron chi connectivity index (χ4n) is 4.66. The van der Waals surface area contributed by atoms with E-state index in [-0.39, 0.29) is 64.4 Å². The van der Waals surface area contributed by atoms with Crippen molar-refractivity contribution in [1.82, 2.24) is 0 Å². The maximum absolute atomic E-state index is 3.79. The molecule has 3 aromatic rings. The second-order valence-electron chi connectivity index (χ2n) is 8.54. The van der Waals surface area contributed by atoms with Crippen molar-refractivity contribution >= 4 is 0 Å². The molecular formula is C29H29Cl3Ti. The van der Waals surface area contributed by atoms with Crippen molar-refractivity contribution in [3.8, 4) is 0 Å². The summed E-state index contributed by atoms with van der Waals surface area (Å²) in [6.45, 7) is 11.0. The minimum absolute atomic E-state index is 0. The van der Waals surface area contributed by atoms with E-state index in [1.807, 2.05) is 0 Å². The minimum Gasteiger partial charge on any atom is -1.00 e. The van der Waals surface area contributed by atoms with Crippen LogP contribution in [0.25, 0.3) is 0 Å². The van der Waals surface area contributed by atoms with E-state index in [4.69, 9.17) is 0 Å². The number of halogens is 3. The smallest absolute Gasteiger partial charge is 1.00 e. The Labute approximate surface area is 233 Å². The SMILES string of the molecule is CC1=C(C)CC(C(c2cccc(C)c2)(c2cccc(C)c2)c2cccc(C)c2)=[C-]1.[Cl-].[Cl-].[Cl-].[Ti+4]. The Hall–Kier alpha value is -1.28. The first kappa shape index (κ1) is 31.7.